The van der Waals surface area contributed by atoms with Gasteiger partial charge in [0.2, 0.25) is 0 Å². The number of halogens is 1. The van der Waals surface area contributed by atoms with Crippen LogP contribution in [0.4, 0.5) is 11.5 Å². The number of hydrogen-bond donors (Lipinski definition) is 2. The number of ether oxygens (including phenoxy) is 1. The zero-order valence-electron chi connectivity index (χ0n) is 16.8. The number of benzene rings is 1. The van der Waals surface area contributed by atoms with Crippen LogP contribution in [0.5, 0.6) is 0 Å². The van der Waals surface area contributed by atoms with E-state index in [0.29, 0.717) is 12.5 Å². The molecule has 6 nitrogen and oxygen atoms in total. The summed E-state index contributed by atoms with van der Waals surface area (Å²) in [5, 5.41) is 3.12. The third-order valence-electron chi connectivity index (χ3n) is 4.62. The molecule has 1 aromatic carbocycles. The highest BCUT2D eigenvalue weighted by Crippen LogP contribution is 2.18. The van der Waals surface area contributed by atoms with Gasteiger partial charge in [-0.05, 0) is 49.6 Å². The van der Waals surface area contributed by atoms with Gasteiger partial charge in [0.25, 0.3) is 0 Å². The van der Waals surface area contributed by atoms with Crippen molar-refractivity contribution >= 4 is 41.4 Å². The number of guanidine groups is 1. The fourth-order valence-corrected chi connectivity index (χ4v) is 3.25. The number of anilines is 2. The van der Waals surface area contributed by atoms with Crippen LogP contribution in [-0.2, 0) is 17.7 Å². The molecule has 3 N–H and O–H groups in total. The molecule has 1 fully saturated rings. The lowest BCUT2D eigenvalue weighted by Crippen LogP contribution is -2.45. The predicted molar refractivity (Wildman–Crippen MR) is 127 cm³/mol. The monoisotopic (exact) mass is 495 g/mol. The Balaban J connectivity index is 0.00000280. The molecular formula is C21H30IN5O. The second kappa shape index (κ2) is 10.6. The van der Waals surface area contributed by atoms with Crippen LogP contribution in [0.2, 0.25) is 0 Å². The highest BCUT2D eigenvalue weighted by Gasteiger charge is 2.22. The second-order valence-corrected chi connectivity index (χ2v) is 7.06. The second-order valence-electron chi connectivity index (χ2n) is 7.06. The van der Waals surface area contributed by atoms with Crippen molar-refractivity contribution in [3.8, 4) is 0 Å². The highest BCUT2D eigenvalue weighted by molar-refractivity contribution is 14.0. The summed E-state index contributed by atoms with van der Waals surface area (Å²) in [5.41, 5.74) is 9.26. The molecule has 1 aliphatic heterocycles. The fourth-order valence-electron chi connectivity index (χ4n) is 3.25. The SMILES string of the molecule is CCc1ccc(NC(N)=NCc2ccc(N3CC(C)OC(C)C3)nc2)cc1.I. The molecule has 2 aromatic rings. The normalized spacial score (nSPS) is 19.8. The van der Waals surface area contributed by atoms with Crippen LogP contribution in [0, 0.1) is 0 Å². The predicted octanol–water partition coefficient (Wildman–Crippen LogP) is 3.80. The molecule has 2 heterocycles. The zero-order chi connectivity index (χ0) is 19.2. The Labute approximate surface area is 184 Å². The van der Waals surface area contributed by atoms with Crippen LogP contribution in [0.25, 0.3) is 0 Å². The van der Waals surface area contributed by atoms with Gasteiger partial charge < -0.3 is 20.7 Å². The highest BCUT2D eigenvalue weighted by atomic mass is 127. The van der Waals surface area contributed by atoms with E-state index >= 15 is 0 Å². The van der Waals surface area contributed by atoms with Gasteiger partial charge in [0.1, 0.15) is 5.82 Å². The van der Waals surface area contributed by atoms with Crippen molar-refractivity contribution in [2.45, 2.75) is 45.9 Å². The van der Waals surface area contributed by atoms with Gasteiger partial charge in [-0.15, -0.1) is 24.0 Å². The number of rotatable bonds is 5. The van der Waals surface area contributed by atoms with Gasteiger partial charge in [-0.25, -0.2) is 9.98 Å². The number of nitrogens with two attached hydrogens (primary N) is 1. The number of aryl methyl sites for hydroxylation is 1. The van der Waals surface area contributed by atoms with E-state index in [-0.39, 0.29) is 36.2 Å². The molecule has 7 heteroatoms. The van der Waals surface area contributed by atoms with Crippen LogP contribution in [0.3, 0.4) is 0 Å². The Morgan fingerprint density at radius 2 is 1.79 bits per heavy atom. The van der Waals surface area contributed by atoms with Crippen molar-refractivity contribution in [1.29, 1.82) is 0 Å². The first kappa shape index (κ1) is 22.4. The zero-order valence-corrected chi connectivity index (χ0v) is 19.1. The van der Waals surface area contributed by atoms with E-state index in [0.717, 1.165) is 36.6 Å². The number of hydrogen-bond acceptors (Lipinski definition) is 4. The molecule has 3 rings (SSSR count). The lowest BCUT2D eigenvalue weighted by molar-refractivity contribution is -0.00545. The van der Waals surface area contributed by atoms with Gasteiger partial charge in [-0.1, -0.05) is 25.1 Å². The summed E-state index contributed by atoms with van der Waals surface area (Å²) < 4.78 is 5.78. The van der Waals surface area contributed by atoms with Crippen molar-refractivity contribution in [3.05, 3.63) is 53.7 Å². The summed E-state index contributed by atoms with van der Waals surface area (Å²) in [6.45, 7) is 8.55. The van der Waals surface area contributed by atoms with Gasteiger partial charge in [0, 0.05) is 25.0 Å². The van der Waals surface area contributed by atoms with Crippen LogP contribution < -0.4 is 16.0 Å². The first-order valence-corrected chi connectivity index (χ1v) is 9.54. The van der Waals surface area contributed by atoms with Crippen LogP contribution in [-0.4, -0.2) is 36.2 Å². The quantitative estimate of drug-likeness (QED) is 0.375. The van der Waals surface area contributed by atoms with Crippen molar-refractivity contribution in [2.24, 2.45) is 10.7 Å². The van der Waals surface area contributed by atoms with Crippen LogP contribution in [0.15, 0.2) is 47.6 Å². The number of morpholine rings is 1. The maximum atomic E-state index is 6.00. The van der Waals surface area contributed by atoms with Crippen molar-refractivity contribution in [2.75, 3.05) is 23.3 Å². The largest absolute Gasteiger partial charge is 0.372 e. The topological polar surface area (TPSA) is 75.8 Å². The molecule has 0 aliphatic carbocycles. The summed E-state index contributed by atoms with van der Waals surface area (Å²) in [6, 6.07) is 12.3. The van der Waals surface area contributed by atoms with E-state index in [4.69, 9.17) is 10.5 Å². The minimum atomic E-state index is 0. The lowest BCUT2D eigenvalue weighted by Gasteiger charge is -2.36. The Hall–Kier alpha value is -1.87. The van der Waals surface area contributed by atoms with E-state index in [1.54, 1.807) is 0 Å². The lowest BCUT2D eigenvalue weighted by atomic mass is 10.1. The van der Waals surface area contributed by atoms with Crippen LogP contribution >= 0.6 is 24.0 Å². The van der Waals surface area contributed by atoms with Gasteiger partial charge in [-0.2, -0.15) is 0 Å². The molecule has 2 unspecified atom stereocenters. The summed E-state index contributed by atoms with van der Waals surface area (Å²) in [6.07, 6.45) is 3.33. The molecule has 1 saturated heterocycles. The third kappa shape index (κ3) is 6.34. The van der Waals surface area contributed by atoms with Crippen molar-refractivity contribution in [3.63, 3.8) is 0 Å². The van der Waals surface area contributed by atoms with E-state index in [1.165, 1.54) is 5.56 Å². The Morgan fingerprint density at radius 3 is 2.36 bits per heavy atom. The van der Waals surface area contributed by atoms with Gasteiger partial charge in [0.15, 0.2) is 5.96 Å². The maximum Gasteiger partial charge on any atom is 0.193 e. The Bertz CT molecular complexity index is 753. The molecule has 1 aromatic heterocycles. The standard InChI is InChI=1S/C21H29N5O.HI/c1-4-17-5-8-19(9-6-17)25-21(22)24-12-18-7-10-20(23-11-18)26-13-15(2)27-16(3)14-26;/h5-11,15-16H,4,12-14H2,1-3H3,(H3,22,24,25);1H. The number of pyridine rings is 1. The van der Waals surface area contributed by atoms with E-state index < -0.39 is 0 Å². The third-order valence-corrected chi connectivity index (χ3v) is 4.62. The molecule has 1 aliphatic rings. The number of aliphatic imine (C=N–C) groups is 1. The molecule has 152 valence electrons. The number of aromatic nitrogens is 1. The molecule has 0 saturated carbocycles. The Kier molecular flexibility index (Phi) is 8.50. The minimum absolute atomic E-state index is 0. The van der Waals surface area contributed by atoms with Gasteiger partial charge in [-0.3, -0.25) is 0 Å². The first-order valence-electron chi connectivity index (χ1n) is 9.54. The average Bonchev–Trinajstić information content (AvgIpc) is 2.66. The minimum Gasteiger partial charge on any atom is -0.372 e. The summed E-state index contributed by atoms with van der Waals surface area (Å²) in [7, 11) is 0. The summed E-state index contributed by atoms with van der Waals surface area (Å²) in [4.78, 5) is 11.3. The number of nitrogens with one attached hydrogen (secondary N) is 1. The maximum absolute atomic E-state index is 6.00. The van der Waals surface area contributed by atoms with Gasteiger partial charge in [0.05, 0.1) is 18.8 Å². The molecular weight excluding hydrogens is 465 g/mol. The average molecular weight is 495 g/mol. The van der Waals surface area contributed by atoms with E-state index in [1.807, 2.05) is 24.4 Å². The molecule has 0 radical (unpaired) electrons. The summed E-state index contributed by atoms with van der Waals surface area (Å²) >= 11 is 0. The van der Waals surface area contributed by atoms with Crippen molar-refractivity contribution in [1.82, 2.24) is 4.98 Å². The molecule has 2 atom stereocenters. The van der Waals surface area contributed by atoms with E-state index in [9.17, 15) is 0 Å². The van der Waals surface area contributed by atoms with Gasteiger partial charge >= 0.3 is 0 Å². The summed E-state index contributed by atoms with van der Waals surface area (Å²) in [5.74, 6) is 1.38. The molecule has 0 amide bonds. The van der Waals surface area contributed by atoms with Crippen molar-refractivity contribution < 1.29 is 4.74 Å². The van der Waals surface area contributed by atoms with E-state index in [2.05, 4.69) is 59.2 Å². The Morgan fingerprint density at radius 1 is 1.14 bits per heavy atom. The smallest absolute Gasteiger partial charge is 0.193 e. The first-order chi connectivity index (χ1) is 13.0. The number of nitrogens with zero attached hydrogens (tertiary/aromatic N) is 3. The van der Waals surface area contributed by atoms with Crippen LogP contribution in [0.1, 0.15) is 31.9 Å². The fraction of sp³-hybridized carbons (Fsp3) is 0.429. The molecule has 28 heavy (non-hydrogen) atoms. The molecule has 0 bridgehead atoms. The molecule has 0 spiro atoms.